The molecule has 2 N–H and O–H groups in total. The molecule has 33 heavy (non-hydrogen) atoms. The van der Waals surface area contributed by atoms with Crippen LogP contribution in [0.4, 0.5) is 5.69 Å². The second-order valence-electron chi connectivity index (χ2n) is 8.44. The van der Waals surface area contributed by atoms with Gasteiger partial charge in [0.2, 0.25) is 5.91 Å². The summed E-state index contributed by atoms with van der Waals surface area (Å²) >= 11 is 0. The number of nitrogens with zero attached hydrogens (tertiary/aromatic N) is 3. The van der Waals surface area contributed by atoms with E-state index in [-0.39, 0.29) is 24.1 Å². The molecule has 5 rings (SSSR count). The highest BCUT2D eigenvalue weighted by atomic mass is 16.2. The maximum Gasteiger partial charge on any atom is 0.260 e. The van der Waals surface area contributed by atoms with Gasteiger partial charge in [-0.15, -0.1) is 0 Å². The van der Waals surface area contributed by atoms with Crippen LogP contribution in [0, 0.1) is 13.8 Å². The first-order chi connectivity index (χ1) is 16.0. The number of fused-ring (bicyclic) bond motifs is 5. The molecule has 3 heterocycles. The van der Waals surface area contributed by atoms with E-state index in [4.69, 9.17) is 0 Å². The van der Waals surface area contributed by atoms with Gasteiger partial charge in [0, 0.05) is 41.9 Å². The van der Waals surface area contributed by atoms with E-state index in [1.807, 2.05) is 44.2 Å². The Morgan fingerprint density at radius 2 is 1.76 bits per heavy atom. The number of rotatable bonds is 6. The second-order valence-corrected chi connectivity index (χ2v) is 8.44. The maximum atomic E-state index is 13.4. The average Bonchev–Trinajstić information content (AvgIpc) is 3.31. The first kappa shape index (κ1) is 20.9. The summed E-state index contributed by atoms with van der Waals surface area (Å²) in [5.74, 6) is -0.315. The molecule has 0 bridgehead atoms. The summed E-state index contributed by atoms with van der Waals surface area (Å²) in [5.41, 5.74) is 5.37. The number of hydrogen-bond donors (Lipinski definition) is 2. The molecular formula is C25H25N5O3. The van der Waals surface area contributed by atoms with E-state index in [0.29, 0.717) is 36.3 Å². The molecule has 1 aromatic heterocycles. The Labute approximate surface area is 191 Å². The number of aryl methyl sites for hydroxylation is 2. The molecule has 3 aromatic rings. The Morgan fingerprint density at radius 3 is 2.52 bits per heavy atom. The van der Waals surface area contributed by atoms with Gasteiger partial charge in [-0.05, 0) is 38.5 Å². The van der Waals surface area contributed by atoms with E-state index in [9.17, 15) is 14.4 Å². The molecule has 0 saturated carbocycles. The van der Waals surface area contributed by atoms with Crippen LogP contribution in [0.1, 0.15) is 62.2 Å². The highest BCUT2D eigenvalue weighted by Gasteiger charge is 2.47. The third-order valence-corrected chi connectivity index (χ3v) is 6.43. The summed E-state index contributed by atoms with van der Waals surface area (Å²) in [4.78, 5) is 42.4. The molecule has 1 atom stereocenters. The Kier molecular flexibility index (Phi) is 5.20. The zero-order chi connectivity index (χ0) is 23.1. The fraction of sp³-hybridized carbons (Fsp3) is 0.280. The Balaban J connectivity index is 1.32. The molecule has 0 spiro atoms. The van der Waals surface area contributed by atoms with Crippen molar-refractivity contribution in [2.45, 2.75) is 39.4 Å². The van der Waals surface area contributed by atoms with Crippen molar-refractivity contribution in [3.05, 3.63) is 82.2 Å². The zero-order valence-electron chi connectivity index (χ0n) is 18.6. The van der Waals surface area contributed by atoms with Gasteiger partial charge >= 0.3 is 0 Å². The van der Waals surface area contributed by atoms with Gasteiger partial charge < -0.3 is 10.2 Å². The molecule has 2 aliphatic rings. The lowest BCUT2D eigenvalue weighted by Crippen LogP contribution is -2.48. The first-order valence-corrected chi connectivity index (χ1v) is 11.1. The van der Waals surface area contributed by atoms with Gasteiger partial charge in [-0.2, -0.15) is 5.10 Å². The number of carbonyl (C=O) groups excluding carboxylic acids is 3. The molecule has 1 unspecified atom stereocenters. The van der Waals surface area contributed by atoms with Crippen LogP contribution in [0.25, 0.3) is 0 Å². The standard InChI is InChI=1S/C25H25N5O3/c1-15-20(16(2)28-27-15)14-26-22(31)12-7-13-29-23-17-8-3-4-9-18(17)25(33)30(23)21-11-6-5-10-19(21)24(29)32/h3-6,8-11,23H,7,12-14H2,1-2H3,(H,26,31)(H,27,28). The van der Waals surface area contributed by atoms with Crippen LogP contribution < -0.4 is 10.2 Å². The number of aromatic amines is 1. The number of benzene rings is 2. The summed E-state index contributed by atoms with van der Waals surface area (Å²) in [6.45, 7) is 4.61. The molecule has 8 nitrogen and oxygen atoms in total. The molecule has 0 aliphatic carbocycles. The van der Waals surface area contributed by atoms with E-state index >= 15 is 0 Å². The Hall–Kier alpha value is -3.94. The second kappa shape index (κ2) is 8.20. The third-order valence-electron chi connectivity index (χ3n) is 6.43. The molecule has 0 saturated heterocycles. The summed E-state index contributed by atoms with van der Waals surface area (Å²) in [5, 5.41) is 10.00. The number of H-pyrrole nitrogens is 1. The Bertz CT molecular complexity index is 1240. The molecule has 168 valence electrons. The van der Waals surface area contributed by atoms with E-state index in [2.05, 4.69) is 15.5 Å². The number of carbonyl (C=O) groups is 3. The minimum absolute atomic E-state index is 0.0837. The number of para-hydroxylation sites is 1. The zero-order valence-corrected chi connectivity index (χ0v) is 18.6. The van der Waals surface area contributed by atoms with Crippen molar-refractivity contribution >= 4 is 23.4 Å². The lowest BCUT2D eigenvalue weighted by Gasteiger charge is -2.41. The van der Waals surface area contributed by atoms with Crippen molar-refractivity contribution in [1.82, 2.24) is 20.4 Å². The molecular weight excluding hydrogens is 418 g/mol. The van der Waals surface area contributed by atoms with Crippen LogP contribution in [0.3, 0.4) is 0 Å². The van der Waals surface area contributed by atoms with Gasteiger partial charge in [-0.25, -0.2) is 0 Å². The van der Waals surface area contributed by atoms with Crippen molar-refractivity contribution in [2.24, 2.45) is 0 Å². The predicted octanol–water partition coefficient (Wildman–Crippen LogP) is 3.24. The van der Waals surface area contributed by atoms with Gasteiger partial charge in [-0.1, -0.05) is 30.3 Å². The summed E-state index contributed by atoms with van der Waals surface area (Å²) in [6, 6.07) is 14.6. The predicted molar refractivity (Wildman–Crippen MR) is 123 cm³/mol. The largest absolute Gasteiger partial charge is 0.352 e. The minimum atomic E-state index is -0.490. The maximum absolute atomic E-state index is 13.4. The van der Waals surface area contributed by atoms with Crippen LogP contribution in [0.2, 0.25) is 0 Å². The summed E-state index contributed by atoms with van der Waals surface area (Å²) in [6.07, 6.45) is 0.281. The van der Waals surface area contributed by atoms with Crippen molar-refractivity contribution in [1.29, 1.82) is 0 Å². The molecule has 0 fully saturated rings. The third kappa shape index (κ3) is 3.47. The number of nitrogens with one attached hydrogen (secondary N) is 2. The molecule has 8 heteroatoms. The smallest absolute Gasteiger partial charge is 0.260 e. The van der Waals surface area contributed by atoms with Crippen LogP contribution >= 0.6 is 0 Å². The van der Waals surface area contributed by atoms with Gasteiger partial charge in [0.05, 0.1) is 16.9 Å². The lowest BCUT2D eigenvalue weighted by molar-refractivity contribution is -0.121. The van der Waals surface area contributed by atoms with Gasteiger partial charge in [0.1, 0.15) is 6.17 Å². The van der Waals surface area contributed by atoms with Crippen molar-refractivity contribution < 1.29 is 14.4 Å². The molecule has 2 aliphatic heterocycles. The van der Waals surface area contributed by atoms with E-state index < -0.39 is 6.17 Å². The first-order valence-electron chi connectivity index (χ1n) is 11.1. The fourth-order valence-electron chi connectivity index (χ4n) is 4.72. The fourth-order valence-corrected chi connectivity index (χ4v) is 4.72. The van der Waals surface area contributed by atoms with Crippen LogP contribution in [0.15, 0.2) is 48.5 Å². The van der Waals surface area contributed by atoms with Crippen molar-refractivity contribution in [2.75, 3.05) is 11.4 Å². The minimum Gasteiger partial charge on any atom is -0.352 e. The Morgan fingerprint density at radius 1 is 1.03 bits per heavy atom. The van der Waals surface area contributed by atoms with Gasteiger partial charge in [-0.3, -0.25) is 24.4 Å². The van der Waals surface area contributed by atoms with Crippen LogP contribution in [-0.4, -0.2) is 39.4 Å². The van der Waals surface area contributed by atoms with E-state index in [0.717, 1.165) is 22.5 Å². The SMILES string of the molecule is Cc1n[nH]c(C)c1CNC(=O)CCCN1C(=O)c2ccccc2N2C(=O)c3ccccc3C12. The lowest BCUT2D eigenvalue weighted by atomic mass is 10.0. The monoisotopic (exact) mass is 443 g/mol. The number of anilines is 1. The molecule has 2 aromatic carbocycles. The van der Waals surface area contributed by atoms with Gasteiger partial charge in [0.25, 0.3) is 11.8 Å². The van der Waals surface area contributed by atoms with Crippen LogP contribution in [-0.2, 0) is 11.3 Å². The molecule has 0 radical (unpaired) electrons. The molecule has 3 amide bonds. The normalized spacial score (nSPS) is 16.5. The topological polar surface area (TPSA) is 98.4 Å². The highest BCUT2D eigenvalue weighted by Crippen LogP contribution is 2.45. The van der Waals surface area contributed by atoms with E-state index in [1.165, 1.54) is 0 Å². The van der Waals surface area contributed by atoms with Crippen molar-refractivity contribution in [3.63, 3.8) is 0 Å². The van der Waals surface area contributed by atoms with Crippen LogP contribution in [0.5, 0.6) is 0 Å². The quantitative estimate of drug-likeness (QED) is 0.611. The summed E-state index contributed by atoms with van der Waals surface area (Å²) in [7, 11) is 0. The average molecular weight is 444 g/mol. The number of amides is 3. The van der Waals surface area contributed by atoms with E-state index in [1.54, 1.807) is 28.0 Å². The summed E-state index contributed by atoms with van der Waals surface area (Å²) < 4.78 is 0. The number of hydrogen-bond acceptors (Lipinski definition) is 4. The number of aromatic nitrogens is 2. The van der Waals surface area contributed by atoms with Crippen molar-refractivity contribution in [3.8, 4) is 0 Å². The highest BCUT2D eigenvalue weighted by molar-refractivity contribution is 6.16. The van der Waals surface area contributed by atoms with Gasteiger partial charge in [0.15, 0.2) is 0 Å².